The molecule has 1 aliphatic heterocycles. The van der Waals surface area contributed by atoms with Crippen LogP contribution in [0.25, 0.3) is 11.0 Å². The van der Waals surface area contributed by atoms with Gasteiger partial charge in [0.2, 0.25) is 0 Å². The van der Waals surface area contributed by atoms with Crippen LogP contribution >= 0.6 is 0 Å². The fraction of sp³-hybridized carbons (Fsp3) is 0.500. The predicted molar refractivity (Wildman–Crippen MR) is 112 cm³/mol. The number of benzene rings is 1. The highest BCUT2D eigenvalue weighted by molar-refractivity contribution is 5.97. The third kappa shape index (κ3) is 10.9. The molecule has 2 heterocycles. The standard InChI is InChI=1S/C16H22N4O2.2C2HF3O2/c1-11-8-20(9-12(2)22-11)6-5-17-16(21)13-3-4-14-15(7-13)19-10-18-14;2*3-2(4,5)1(6)7/h3-4,7,10-12H,5-6,8-9H2,1-2H3,(H,17,21)(H,18,19);2*(H,6,7). The molecule has 2 atom stereocenters. The predicted octanol–water partition coefficient (Wildman–Crippen LogP) is 2.67. The van der Waals surface area contributed by atoms with Gasteiger partial charge in [0.1, 0.15) is 0 Å². The van der Waals surface area contributed by atoms with Crippen molar-refractivity contribution in [2.75, 3.05) is 26.2 Å². The van der Waals surface area contributed by atoms with Gasteiger partial charge in [0, 0.05) is 31.7 Å². The molecule has 1 fully saturated rings. The van der Waals surface area contributed by atoms with Crippen LogP contribution in [0.4, 0.5) is 26.3 Å². The number of hydrogen-bond acceptors (Lipinski definition) is 6. The Labute approximate surface area is 200 Å². The number of amides is 1. The fourth-order valence-corrected chi connectivity index (χ4v) is 2.97. The average molecular weight is 530 g/mol. The van der Waals surface area contributed by atoms with Crippen LogP contribution in [0, 0.1) is 0 Å². The second-order valence-corrected chi connectivity index (χ2v) is 7.51. The van der Waals surface area contributed by atoms with Crippen LogP contribution in [0.2, 0.25) is 0 Å². The van der Waals surface area contributed by atoms with Gasteiger partial charge < -0.3 is 25.3 Å². The summed E-state index contributed by atoms with van der Waals surface area (Å²) in [6.45, 7) is 7.48. The monoisotopic (exact) mass is 530 g/mol. The van der Waals surface area contributed by atoms with Crippen molar-refractivity contribution < 1.29 is 55.7 Å². The van der Waals surface area contributed by atoms with E-state index in [-0.39, 0.29) is 18.1 Å². The minimum absolute atomic E-state index is 0.0501. The van der Waals surface area contributed by atoms with Gasteiger partial charge in [-0.05, 0) is 32.0 Å². The molecule has 2 unspecified atom stereocenters. The molecule has 0 spiro atoms. The minimum Gasteiger partial charge on any atom is -0.475 e. The lowest BCUT2D eigenvalue weighted by Crippen LogP contribution is -2.47. The number of carbonyl (C=O) groups is 3. The molecular formula is C20H24F6N4O6. The maximum atomic E-state index is 12.2. The highest BCUT2D eigenvalue weighted by atomic mass is 19.4. The molecule has 10 nitrogen and oxygen atoms in total. The first-order valence-electron chi connectivity index (χ1n) is 10.2. The van der Waals surface area contributed by atoms with Gasteiger partial charge in [0.05, 0.1) is 29.6 Å². The molecule has 1 aromatic heterocycles. The van der Waals surface area contributed by atoms with E-state index in [9.17, 15) is 31.1 Å². The number of nitrogens with zero attached hydrogens (tertiary/aromatic N) is 2. The van der Waals surface area contributed by atoms with Crippen molar-refractivity contribution in [3.63, 3.8) is 0 Å². The third-order valence-corrected chi connectivity index (χ3v) is 4.38. The Morgan fingerprint density at radius 3 is 2.03 bits per heavy atom. The van der Waals surface area contributed by atoms with Crippen LogP contribution in [-0.2, 0) is 14.3 Å². The van der Waals surface area contributed by atoms with E-state index in [0.717, 1.165) is 30.7 Å². The number of ether oxygens (including phenoxy) is 1. The first-order valence-corrected chi connectivity index (χ1v) is 10.2. The maximum Gasteiger partial charge on any atom is 0.490 e. The first-order chi connectivity index (χ1) is 16.5. The second kappa shape index (κ2) is 13.1. The number of alkyl halides is 6. The number of morpholine rings is 1. The Kier molecular flexibility index (Phi) is 11.1. The number of aliphatic carboxylic acids is 2. The van der Waals surface area contributed by atoms with E-state index < -0.39 is 24.3 Å². The van der Waals surface area contributed by atoms with Crippen molar-refractivity contribution >= 4 is 28.9 Å². The smallest absolute Gasteiger partial charge is 0.475 e. The van der Waals surface area contributed by atoms with Crippen molar-refractivity contribution in [3.05, 3.63) is 30.1 Å². The quantitative estimate of drug-likeness (QED) is 0.442. The van der Waals surface area contributed by atoms with E-state index in [0.29, 0.717) is 12.1 Å². The SMILES string of the molecule is CC1CN(CCNC(=O)c2ccc3nc[nH]c3c2)CC(C)O1.O=C(O)C(F)(F)F.O=C(O)C(F)(F)F. The van der Waals surface area contributed by atoms with E-state index in [1.807, 2.05) is 12.1 Å². The van der Waals surface area contributed by atoms with Crippen molar-refractivity contribution in [2.24, 2.45) is 0 Å². The van der Waals surface area contributed by atoms with Gasteiger partial charge in [-0.1, -0.05) is 0 Å². The van der Waals surface area contributed by atoms with E-state index in [4.69, 9.17) is 24.5 Å². The molecule has 4 N–H and O–H groups in total. The molecule has 16 heteroatoms. The average Bonchev–Trinajstić information content (AvgIpc) is 3.20. The summed E-state index contributed by atoms with van der Waals surface area (Å²) in [7, 11) is 0. The molecule has 1 amide bonds. The third-order valence-electron chi connectivity index (χ3n) is 4.38. The number of carbonyl (C=O) groups excluding carboxylic acids is 1. The van der Waals surface area contributed by atoms with Crippen molar-refractivity contribution in [1.29, 1.82) is 0 Å². The number of aromatic amines is 1. The summed E-state index contributed by atoms with van der Waals surface area (Å²) in [4.78, 5) is 39.5. The first kappa shape index (κ1) is 30.6. The van der Waals surface area contributed by atoms with E-state index >= 15 is 0 Å². The molecule has 3 rings (SSSR count). The molecule has 1 saturated heterocycles. The number of halogens is 6. The topological polar surface area (TPSA) is 145 Å². The molecule has 0 bridgehead atoms. The number of rotatable bonds is 4. The van der Waals surface area contributed by atoms with Crippen molar-refractivity contribution in [3.8, 4) is 0 Å². The molecule has 0 radical (unpaired) electrons. The largest absolute Gasteiger partial charge is 0.490 e. The van der Waals surface area contributed by atoms with E-state index in [1.165, 1.54) is 0 Å². The van der Waals surface area contributed by atoms with Gasteiger partial charge in [-0.25, -0.2) is 14.6 Å². The number of H-pyrrole nitrogens is 1. The number of carboxylic acids is 2. The summed E-state index contributed by atoms with van der Waals surface area (Å²) in [5.41, 5.74) is 2.40. The Balaban J connectivity index is 0.000000383. The summed E-state index contributed by atoms with van der Waals surface area (Å²) in [5.74, 6) is -5.56. The highest BCUT2D eigenvalue weighted by Crippen LogP contribution is 2.14. The molecule has 1 aliphatic rings. The molecular weight excluding hydrogens is 506 g/mol. The number of nitrogens with one attached hydrogen (secondary N) is 2. The molecule has 36 heavy (non-hydrogen) atoms. The number of fused-ring (bicyclic) bond motifs is 1. The Morgan fingerprint density at radius 2 is 1.56 bits per heavy atom. The minimum atomic E-state index is -5.08. The van der Waals surface area contributed by atoms with Crippen LogP contribution in [0.5, 0.6) is 0 Å². The molecule has 202 valence electrons. The van der Waals surface area contributed by atoms with Gasteiger partial charge in [-0.2, -0.15) is 26.3 Å². The molecule has 0 aliphatic carbocycles. The molecule has 1 aromatic carbocycles. The van der Waals surface area contributed by atoms with Crippen LogP contribution < -0.4 is 5.32 Å². The normalized spacial score (nSPS) is 18.3. The zero-order valence-corrected chi connectivity index (χ0v) is 19.0. The number of aromatic nitrogens is 2. The highest BCUT2D eigenvalue weighted by Gasteiger charge is 2.38. The number of hydrogen-bond donors (Lipinski definition) is 4. The summed E-state index contributed by atoms with van der Waals surface area (Å²) in [6.07, 6.45) is -8.03. The lowest BCUT2D eigenvalue weighted by Gasteiger charge is -2.35. The van der Waals surface area contributed by atoms with Crippen molar-refractivity contribution in [1.82, 2.24) is 20.2 Å². The Bertz CT molecular complexity index is 992. The van der Waals surface area contributed by atoms with Crippen molar-refractivity contribution in [2.45, 2.75) is 38.4 Å². The Morgan fingerprint density at radius 1 is 1.06 bits per heavy atom. The van der Waals surface area contributed by atoms with Gasteiger partial charge in [0.25, 0.3) is 5.91 Å². The number of carboxylic acid groups (broad SMARTS) is 2. The Hall–Kier alpha value is -3.40. The van der Waals surface area contributed by atoms with Gasteiger partial charge in [0.15, 0.2) is 0 Å². The van der Waals surface area contributed by atoms with Gasteiger partial charge in [-0.3, -0.25) is 9.69 Å². The fourth-order valence-electron chi connectivity index (χ4n) is 2.97. The molecule has 0 saturated carbocycles. The second-order valence-electron chi connectivity index (χ2n) is 7.51. The lowest BCUT2D eigenvalue weighted by atomic mass is 10.2. The summed E-state index contributed by atoms with van der Waals surface area (Å²) in [5, 5.41) is 17.2. The summed E-state index contributed by atoms with van der Waals surface area (Å²) in [6, 6.07) is 5.49. The van der Waals surface area contributed by atoms with Crippen LogP contribution in [0.3, 0.4) is 0 Å². The van der Waals surface area contributed by atoms with Gasteiger partial charge in [-0.15, -0.1) is 0 Å². The van der Waals surface area contributed by atoms with E-state index in [2.05, 4.69) is 34.0 Å². The summed E-state index contributed by atoms with van der Waals surface area (Å²) < 4.78 is 69.2. The van der Waals surface area contributed by atoms with E-state index in [1.54, 1.807) is 12.4 Å². The molecule has 2 aromatic rings. The van der Waals surface area contributed by atoms with Gasteiger partial charge >= 0.3 is 24.3 Å². The zero-order chi connectivity index (χ0) is 27.7. The van der Waals surface area contributed by atoms with Crippen LogP contribution in [-0.4, -0.2) is 93.7 Å². The lowest BCUT2D eigenvalue weighted by molar-refractivity contribution is -0.193. The van der Waals surface area contributed by atoms with Crippen LogP contribution in [0.15, 0.2) is 24.5 Å². The zero-order valence-electron chi connectivity index (χ0n) is 19.0. The summed E-state index contributed by atoms with van der Waals surface area (Å²) >= 11 is 0. The van der Waals surface area contributed by atoms with Crippen LogP contribution in [0.1, 0.15) is 24.2 Å². The maximum absolute atomic E-state index is 12.2. The number of imidazole rings is 1.